The third-order valence-corrected chi connectivity index (χ3v) is 5.17. The van der Waals surface area contributed by atoms with Crippen molar-refractivity contribution >= 4 is 11.6 Å². The molecule has 8 nitrogen and oxygen atoms in total. The summed E-state index contributed by atoms with van der Waals surface area (Å²) in [6.07, 6.45) is 0. The Kier molecular flexibility index (Phi) is 6.47. The van der Waals surface area contributed by atoms with E-state index in [1.807, 2.05) is 6.92 Å². The molecular weight excluding hydrogens is 396 g/mol. The Morgan fingerprint density at radius 1 is 1.13 bits per heavy atom. The standard InChI is InChI=1S/C23H26N4O4/c1-16(18-3-7-20(8-4-18)27-11-13-29-14-12-27)24-23(28)19-5-9-21(10-6-19)30-15-22-25-17(2)31-26-22/h3-10,16H,11-15H2,1-2H3,(H,24,28). The average Bonchev–Trinajstić information content (AvgIpc) is 3.23. The number of anilines is 1. The number of nitrogens with zero attached hydrogens (tertiary/aromatic N) is 3. The van der Waals surface area contributed by atoms with Crippen LogP contribution in [0.5, 0.6) is 5.75 Å². The van der Waals surface area contributed by atoms with Crippen molar-refractivity contribution in [1.82, 2.24) is 15.5 Å². The normalized spacial score (nSPS) is 14.8. The highest BCUT2D eigenvalue weighted by molar-refractivity contribution is 5.94. The summed E-state index contributed by atoms with van der Waals surface area (Å²) in [6.45, 7) is 7.24. The van der Waals surface area contributed by atoms with Gasteiger partial charge in [-0.3, -0.25) is 4.79 Å². The lowest BCUT2D eigenvalue weighted by molar-refractivity contribution is 0.0940. The third kappa shape index (κ3) is 5.40. The number of aryl methyl sites for hydroxylation is 1. The van der Waals surface area contributed by atoms with E-state index >= 15 is 0 Å². The van der Waals surface area contributed by atoms with Crippen LogP contribution in [-0.4, -0.2) is 42.4 Å². The quantitative estimate of drug-likeness (QED) is 0.625. The molecule has 1 N–H and O–H groups in total. The summed E-state index contributed by atoms with van der Waals surface area (Å²) in [5, 5.41) is 6.83. The molecule has 3 aromatic rings. The lowest BCUT2D eigenvalue weighted by Crippen LogP contribution is -2.36. The van der Waals surface area contributed by atoms with Gasteiger partial charge in [-0.25, -0.2) is 0 Å². The zero-order valence-corrected chi connectivity index (χ0v) is 17.7. The molecule has 8 heteroatoms. The van der Waals surface area contributed by atoms with Crippen LogP contribution >= 0.6 is 0 Å². The van der Waals surface area contributed by atoms with Crippen molar-refractivity contribution in [2.45, 2.75) is 26.5 Å². The van der Waals surface area contributed by atoms with E-state index in [-0.39, 0.29) is 18.6 Å². The Labute approximate surface area is 181 Å². The molecule has 1 fully saturated rings. The van der Waals surface area contributed by atoms with Crippen LogP contribution in [0, 0.1) is 6.92 Å². The Morgan fingerprint density at radius 3 is 2.48 bits per heavy atom. The summed E-state index contributed by atoms with van der Waals surface area (Å²) < 4.78 is 15.9. The van der Waals surface area contributed by atoms with E-state index in [1.165, 1.54) is 5.69 Å². The number of aromatic nitrogens is 2. The predicted molar refractivity (Wildman–Crippen MR) is 115 cm³/mol. The molecule has 0 aliphatic carbocycles. The van der Waals surface area contributed by atoms with Gasteiger partial charge in [-0.2, -0.15) is 4.98 Å². The highest BCUT2D eigenvalue weighted by Crippen LogP contribution is 2.21. The minimum Gasteiger partial charge on any atom is -0.485 e. The Hall–Kier alpha value is -3.39. The van der Waals surface area contributed by atoms with Gasteiger partial charge in [-0.05, 0) is 48.9 Å². The van der Waals surface area contributed by atoms with E-state index in [0.29, 0.717) is 23.0 Å². The first-order chi connectivity index (χ1) is 15.1. The van der Waals surface area contributed by atoms with E-state index < -0.39 is 0 Å². The number of rotatable bonds is 7. The second kappa shape index (κ2) is 9.61. The van der Waals surface area contributed by atoms with E-state index in [0.717, 1.165) is 31.9 Å². The second-order valence-corrected chi connectivity index (χ2v) is 7.43. The first kappa shape index (κ1) is 20.9. The van der Waals surface area contributed by atoms with Crippen LogP contribution in [0.4, 0.5) is 5.69 Å². The number of morpholine rings is 1. The van der Waals surface area contributed by atoms with Crippen molar-refractivity contribution < 1.29 is 18.8 Å². The Balaban J connectivity index is 1.30. The van der Waals surface area contributed by atoms with E-state index in [1.54, 1.807) is 31.2 Å². The minimum atomic E-state index is -0.134. The van der Waals surface area contributed by atoms with Gasteiger partial charge in [0.15, 0.2) is 6.61 Å². The molecule has 1 saturated heterocycles. The molecular formula is C23H26N4O4. The third-order valence-electron chi connectivity index (χ3n) is 5.17. The number of hydrogen-bond acceptors (Lipinski definition) is 7. The van der Waals surface area contributed by atoms with Crippen molar-refractivity contribution in [3.8, 4) is 5.75 Å². The van der Waals surface area contributed by atoms with Crippen molar-refractivity contribution in [1.29, 1.82) is 0 Å². The Bertz CT molecular complexity index is 995. The van der Waals surface area contributed by atoms with Gasteiger partial charge in [-0.1, -0.05) is 17.3 Å². The monoisotopic (exact) mass is 422 g/mol. The summed E-state index contributed by atoms with van der Waals surface area (Å²) in [5.41, 5.74) is 2.80. The maximum atomic E-state index is 12.6. The molecule has 1 aliphatic rings. The largest absolute Gasteiger partial charge is 0.485 e. The van der Waals surface area contributed by atoms with Crippen LogP contribution in [-0.2, 0) is 11.3 Å². The fourth-order valence-electron chi connectivity index (χ4n) is 3.41. The highest BCUT2D eigenvalue weighted by Gasteiger charge is 2.14. The van der Waals surface area contributed by atoms with Crippen LogP contribution in [0.1, 0.15) is 40.6 Å². The van der Waals surface area contributed by atoms with Crippen LogP contribution in [0.2, 0.25) is 0 Å². The van der Waals surface area contributed by atoms with Gasteiger partial charge in [0.05, 0.1) is 19.3 Å². The number of benzene rings is 2. The van der Waals surface area contributed by atoms with Crippen LogP contribution < -0.4 is 15.0 Å². The first-order valence-electron chi connectivity index (χ1n) is 10.3. The maximum absolute atomic E-state index is 12.6. The van der Waals surface area contributed by atoms with Gasteiger partial charge < -0.3 is 24.2 Å². The summed E-state index contributed by atoms with van der Waals surface area (Å²) in [6, 6.07) is 15.2. The molecule has 162 valence electrons. The zero-order chi connectivity index (χ0) is 21.6. The van der Waals surface area contributed by atoms with Crippen LogP contribution in [0.25, 0.3) is 0 Å². The molecule has 1 aromatic heterocycles. The fourth-order valence-corrected chi connectivity index (χ4v) is 3.41. The lowest BCUT2D eigenvalue weighted by atomic mass is 10.1. The molecule has 1 aliphatic heterocycles. The highest BCUT2D eigenvalue weighted by atomic mass is 16.5. The zero-order valence-electron chi connectivity index (χ0n) is 17.7. The lowest BCUT2D eigenvalue weighted by Gasteiger charge is -2.29. The van der Waals surface area contributed by atoms with Crippen LogP contribution in [0.3, 0.4) is 0 Å². The summed E-state index contributed by atoms with van der Waals surface area (Å²) in [5.74, 6) is 1.47. The van der Waals surface area contributed by atoms with E-state index in [4.69, 9.17) is 14.0 Å². The first-order valence-corrected chi connectivity index (χ1v) is 10.3. The molecule has 1 atom stereocenters. The Morgan fingerprint density at radius 2 is 1.84 bits per heavy atom. The summed E-state index contributed by atoms with van der Waals surface area (Å²) in [7, 11) is 0. The molecule has 1 amide bonds. The van der Waals surface area contributed by atoms with Crippen LogP contribution in [0.15, 0.2) is 53.1 Å². The van der Waals surface area contributed by atoms with E-state index in [9.17, 15) is 4.79 Å². The van der Waals surface area contributed by atoms with Crippen molar-refractivity contribution in [3.05, 3.63) is 71.4 Å². The summed E-state index contributed by atoms with van der Waals surface area (Å²) in [4.78, 5) is 19.0. The number of amides is 1. The van der Waals surface area contributed by atoms with Crippen molar-refractivity contribution in [3.63, 3.8) is 0 Å². The number of hydrogen-bond donors (Lipinski definition) is 1. The van der Waals surface area contributed by atoms with Gasteiger partial charge in [0.25, 0.3) is 5.91 Å². The molecule has 0 saturated carbocycles. The van der Waals surface area contributed by atoms with Crippen molar-refractivity contribution in [2.24, 2.45) is 0 Å². The molecule has 0 radical (unpaired) electrons. The molecule has 1 unspecified atom stereocenters. The maximum Gasteiger partial charge on any atom is 0.251 e. The number of nitrogens with one attached hydrogen (secondary N) is 1. The van der Waals surface area contributed by atoms with Gasteiger partial charge in [0.2, 0.25) is 11.7 Å². The molecule has 0 spiro atoms. The number of ether oxygens (including phenoxy) is 2. The van der Waals surface area contributed by atoms with Crippen molar-refractivity contribution in [2.75, 3.05) is 31.2 Å². The molecule has 2 aromatic carbocycles. The van der Waals surface area contributed by atoms with E-state index in [2.05, 4.69) is 44.6 Å². The number of carbonyl (C=O) groups excluding carboxylic acids is 1. The number of carbonyl (C=O) groups is 1. The molecule has 0 bridgehead atoms. The molecule has 31 heavy (non-hydrogen) atoms. The summed E-state index contributed by atoms with van der Waals surface area (Å²) >= 11 is 0. The minimum absolute atomic E-state index is 0.108. The molecule has 2 heterocycles. The average molecular weight is 422 g/mol. The topological polar surface area (TPSA) is 89.7 Å². The second-order valence-electron chi connectivity index (χ2n) is 7.43. The van der Waals surface area contributed by atoms with Gasteiger partial charge in [0, 0.05) is 31.3 Å². The predicted octanol–water partition coefficient (Wildman–Crippen LogP) is 3.28. The van der Waals surface area contributed by atoms with Gasteiger partial charge in [0.1, 0.15) is 5.75 Å². The van der Waals surface area contributed by atoms with Gasteiger partial charge >= 0.3 is 0 Å². The smallest absolute Gasteiger partial charge is 0.251 e. The fraction of sp³-hybridized carbons (Fsp3) is 0.348. The van der Waals surface area contributed by atoms with Gasteiger partial charge in [-0.15, -0.1) is 0 Å². The molecule has 4 rings (SSSR count). The SMILES string of the molecule is Cc1nc(COc2ccc(C(=O)NC(C)c3ccc(N4CCOCC4)cc3)cc2)no1.